The summed E-state index contributed by atoms with van der Waals surface area (Å²) in [5.41, 5.74) is 4.34. The molecule has 0 unspecified atom stereocenters. The van der Waals surface area contributed by atoms with E-state index in [1.165, 1.54) is 0 Å². The molecule has 0 atom stereocenters. The summed E-state index contributed by atoms with van der Waals surface area (Å²) in [5.74, 6) is 0. The second-order valence-electron chi connectivity index (χ2n) is 3.97. The predicted octanol–water partition coefficient (Wildman–Crippen LogP) is 4.83. The Morgan fingerprint density at radius 2 is 2.00 bits per heavy atom. The predicted molar refractivity (Wildman–Crippen MR) is 73.3 cm³/mol. The zero-order chi connectivity index (χ0) is 11.9. The number of nitrogens with zero attached hydrogens (tertiary/aromatic N) is 1. The van der Waals surface area contributed by atoms with Crippen molar-refractivity contribution in [3.8, 4) is 0 Å². The van der Waals surface area contributed by atoms with Crippen molar-refractivity contribution < 1.29 is 0 Å². The molecule has 0 saturated heterocycles. The normalized spacial score (nSPS) is 11.1. The van der Waals surface area contributed by atoms with Crippen LogP contribution in [-0.4, -0.2) is 4.98 Å². The van der Waals surface area contributed by atoms with Crippen LogP contribution in [-0.2, 0) is 6.42 Å². The van der Waals surface area contributed by atoms with E-state index in [0.29, 0.717) is 0 Å². The summed E-state index contributed by atoms with van der Waals surface area (Å²) in [6.45, 7) is 6.20. The minimum atomic E-state index is 0.825. The van der Waals surface area contributed by atoms with Gasteiger partial charge in [-0.2, -0.15) is 0 Å². The van der Waals surface area contributed by atoms with Gasteiger partial charge in [-0.25, -0.2) is 0 Å². The summed E-state index contributed by atoms with van der Waals surface area (Å²) in [7, 11) is 0. The summed E-state index contributed by atoms with van der Waals surface area (Å²) >= 11 is 9.88. The van der Waals surface area contributed by atoms with Gasteiger partial charge in [-0.15, -0.1) is 0 Å². The number of hydrogen-bond acceptors (Lipinski definition) is 1. The number of aromatic nitrogens is 1. The lowest BCUT2D eigenvalue weighted by atomic mass is 10.1. The minimum Gasteiger partial charge on any atom is -0.252 e. The lowest BCUT2D eigenvalue weighted by Gasteiger charge is -2.11. The van der Waals surface area contributed by atoms with Crippen LogP contribution in [0, 0.1) is 13.8 Å². The van der Waals surface area contributed by atoms with Gasteiger partial charge in [0.25, 0.3) is 0 Å². The summed E-state index contributed by atoms with van der Waals surface area (Å²) < 4.78 is 1.05. The van der Waals surface area contributed by atoms with Crippen molar-refractivity contribution in [1.82, 2.24) is 4.98 Å². The van der Waals surface area contributed by atoms with Crippen LogP contribution in [0.3, 0.4) is 0 Å². The maximum absolute atomic E-state index is 6.39. The molecule has 0 amide bonds. The summed E-state index contributed by atoms with van der Waals surface area (Å²) in [4.78, 5) is 4.69. The van der Waals surface area contributed by atoms with Crippen molar-refractivity contribution in [2.45, 2.75) is 27.2 Å². The Morgan fingerprint density at radius 1 is 1.31 bits per heavy atom. The molecule has 0 aliphatic rings. The molecule has 0 fully saturated rings. The molecule has 1 nitrogen and oxygen atoms in total. The molecule has 3 heteroatoms. The van der Waals surface area contributed by atoms with Crippen LogP contribution in [0.5, 0.6) is 0 Å². The molecule has 2 rings (SSSR count). The molecule has 0 N–H and O–H groups in total. The summed E-state index contributed by atoms with van der Waals surface area (Å²) in [5, 5.41) is 1.86. The second kappa shape index (κ2) is 4.34. The first-order valence-electron chi connectivity index (χ1n) is 5.29. The smallest absolute Gasteiger partial charge is 0.0750 e. The SMILES string of the molecule is CCc1nc2c(C)cc(Br)cc2c(Cl)c1C. The van der Waals surface area contributed by atoms with E-state index in [-0.39, 0.29) is 0 Å². The van der Waals surface area contributed by atoms with Gasteiger partial charge >= 0.3 is 0 Å². The van der Waals surface area contributed by atoms with Gasteiger partial charge in [0.2, 0.25) is 0 Å². The van der Waals surface area contributed by atoms with Gasteiger partial charge in [-0.05, 0) is 43.5 Å². The van der Waals surface area contributed by atoms with Gasteiger partial charge in [0, 0.05) is 15.6 Å². The Morgan fingerprint density at radius 3 is 2.62 bits per heavy atom. The number of fused-ring (bicyclic) bond motifs is 1. The molecule has 84 valence electrons. The molecule has 0 bridgehead atoms. The number of benzene rings is 1. The third-order valence-corrected chi connectivity index (χ3v) is 3.79. The van der Waals surface area contributed by atoms with Crippen LogP contribution < -0.4 is 0 Å². The van der Waals surface area contributed by atoms with Crippen molar-refractivity contribution in [3.05, 3.63) is 38.4 Å². The molecular formula is C13H13BrClN. The molecule has 0 aliphatic carbocycles. The Kier molecular flexibility index (Phi) is 3.22. The fourth-order valence-corrected chi connectivity index (χ4v) is 2.77. The highest BCUT2D eigenvalue weighted by atomic mass is 79.9. The molecular weight excluding hydrogens is 286 g/mol. The standard InChI is InChI=1S/C13H13BrClN/c1-4-11-8(3)12(15)10-6-9(14)5-7(2)13(10)16-11/h5-6H,4H2,1-3H3. The summed E-state index contributed by atoms with van der Waals surface area (Å²) in [6, 6.07) is 4.10. The Bertz CT molecular complexity index is 564. The van der Waals surface area contributed by atoms with Gasteiger partial charge < -0.3 is 0 Å². The Hall–Kier alpha value is -0.600. The zero-order valence-corrected chi connectivity index (χ0v) is 11.9. The highest BCUT2D eigenvalue weighted by Gasteiger charge is 2.11. The van der Waals surface area contributed by atoms with Crippen LogP contribution in [0.2, 0.25) is 5.02 Å². The highest BCUT2D eigenvalue weighted by molar-refractivity contribution is 9.10. The highest BCUT2D eigenvalue weighted by Crippen LogP contribution is 2.32. The van der Waals surface area contributed by atoms with Crippen molar-refractivity contribution in [2.75, 3.05) is 0 Å². The molecule has 1 aromatic carbocycles. The van der Waals surface area contributed by atoms with E-state index in [1.54, 1.807) is 0 Å². The number of rotatable bonds is 1. The van der Waals surface area contributed by atoms with Gasteiger partial charge in [0.05, 0.1) is 10.5 Å². The van der Waals surface area contributed by atoms with Gasteiger partial charge in [0.1, 0.15) is 0 Å². The van der Waals surface area contributed by atoms with E-state index >= 15 is 0 Å². The average Bonchev–Trinajstić information content (AvgIpc) is 2.24. The molecule has 16 heavy (non-hydrogen) atoms. The zero-order valence-electron chi connectivity index (χ0n) is 9.56. The van der Waals surface area contributed by atoms with E-state index in [9.17, 15) is 0 Å². The molecule has 0 radical (unpaired) electrons. The first-order valence-corrected chi connectivity index (χ1v) is 6.46. The van der Waals surface area contributed by atoms with Crippen molar-refractivity contribution in [3.63, 3.8) is 0 Å². The molecule has 0 spiro atoms. The first-order chi connectivity index (χ1) is 7.54. The topological polar surface area (TPSA) is 12.9 Å². The Balaban J connectivity index is 2.92. The molecule has 1 aromatic heterocycles. The number of hydrogen-bond donors (Lipinski definition) is 0. The van der Waals surface area contributed by atoms with Crippen molar-refractivity contribution in [1.29, 1.82) is 0 Å². The van der Waals surface area contributed by atoms with E-state index < -0.39 is 0 Å². The maximum Gasteiger partial charge on any atom is 0.0750 e. The molecule has 0 aliphatic heterocycles. The fourth-order valence-electron chi connectivity index (χ4n) is 1.94. The van der Waals surface area contributed by atoms with Crippen molar-refractivity contribution in [2.24, 2.45) is 0 Å². The monoisotopic (exact) mass is 297 g/mol. The van der Waals surface area contributed by atoms with Gasteiger partial charge in [-0.1, -0.05) is 34.5 Å². The lowest BCUT2D eigenvalue weighted by Crippen LogP contribution is -1.96. The van der Waals surface area contributed by atoms with Crippen LogP contribution >= 0.6 is 27.5 Å². The Labute approximate surface area is 109 Å². The van der Waals surface area contributed by atoms with Gasteiger partial charge in [0.15, 0.2) is 0 Å². The molecule has 1 heterocycles. The third-order valence-electron chi connectivity index (χ3n) is 2.85. The quantitative estimate of drug-likeness (QED) is 0.735. The van der Waals surface area contributed by atoms with E-state index in [4.69, 9.17) is 11.6 Å². The van der Waals surface area contributed by atoms with Crippen LogP contribution in [0.4, 0.5) is 0 Å². The van der Waals surface area contributed by atoms with Crippen LogP contribution in [0.25, 0.3) is 10.9 Å². The van der Waals surface area contributed by atoms with Crippen molar-refractivity contribution >= 4 is 38.4 Å². The average molecular weight is 299 g/mol. The molecule has 2 aromatic rings. The van der Waals surface area contributed by atoms with Crippen LogP contribution in [0.1, 0.15) is 23.7 Å². The number of halogens is 2. The fraction of sp³-hybridized carbons (Fsp3) is 0.308. The molecule has 0 saturated carbocycles. The van der Waals surface area contributed by atoms with E-state index in [2.05, 4.69) is 40.8 Å². The lowest BCUT2D eigenvalue weighted by molar-refractivity contribution is 1.03. The number of aryl methyl sites for hydroxylation is 2. The second-order valence-corrected chi connectivity index (χ2v) is 5.26. The van der Waals surface area contributed by atoms with Crippen LogP contribution in [0.15, 0.2) is 16.6 Å². The third kappa shape index (κ3) is 1.85. The minimum absolute atomic E-state index is 0.825. The first kappa shape index (κ1) is 11.9. The van der Waals surface area contributed by atoms with Gasteiger partial charge in [-0.3, -0.25) is 4.98 Å². The largest absolute Gasteiger partial charge is 0.252 e. The van der Waals surface area contributed by atoms with E-state index in [1.807, 2.05) is 13.0 Å². The van der Waals surface area contributed by atoms with E-state index in [0.717, 1.165) is 43.6 Å². The summed E-state index contributed by atoms with van der Waals surface area (Å²) in [6.07, 6.45) is 0.914. The maximum atomic E-state index is 6.39. The number of pyridine rings is 1.